The Balaban J connectivity index is 2.95. The van der Waals surface area contributed by atoms with Crippen molar-refractivity contribution < 1.29 is 9.13 Å². The minimum Gasteiger partial charge on any atom is -0.374 e. The van der Waals surface area contributed by atoms with Gasteiger partial charge in [0.15, 0.2) is 0 Å². The third kappa shape index (κ3) is 4.07. The van der Waals surface area contributed by atoms with E-state index in [4.69, 9.17) is 4.74 Å². The Hall–Kier alpha value is -0.930. The molecule has 0 amide bonds. The van der Waals surface area contributed by atoms with Crippen LogP contribution in [0.1, 0.15) is 43.5 Å². The van der Waals surface area contributed by atoms with Crippen molar-refractivity contribution in [3.8, 4) is 0 Å². The first-order valence-corrected chi connectivity index (χ1v) is 6.32. The molecule has 1 N–H and O–H groups in total. The third-order valence-corrected chi connectivity index (χ3v) is 2.86. The number of hydrogen-bond acceptors (Lipinski definition) is 2. The van der Waals surface area contributed by atoms with Crippen LogP contribution in [0, 0.1) is 19.7 Å². The van der Waals surface area contributed by atoms with Gasteiger partial charge >= 0.3 is 0 Å². The molecule has 2 nitrogen and oxygen atoms in total. The molecule has 0 fully saturated rings. The summed E-state index contributed by atoms with van der Waals surface area (Å²) >= 11 is 0. The van der Waals surface area contributed by atoms with E-state index in [0.29, 0.717) is 12.2 Å². The number of nitrogens with one attached hydrogen (secondary N) is 1. The Kier molecular flexibility index (Phi) is 4.88. The predicted molar refractivity (Wildman–Crippen MR) is 73.4 cm³/mol. The molecular formula is C15H24FNO. The lowest BCUT2D eigenvalue weighted by Gasteiger charge is -2.26. The molecule has 0 aliphatic rings. The summed E-state index contributed by atoms with van der Waals surface area (Å²) < 4.78 is 19.8. The molecule has 1 aromatic rings. The van der Waals surface area contributed by atoms with Gasteiger partial charge in [-0.25, -0.2) is 4.39 Å². The zero-order valence-electron chi connectivity index (χ0n) is 12.2. The predicted octanol–water partition coefficient (Wildman–Crippen LogP) is 3.52. The zero-order valence-corrected chi connectivity index (χ0v) is 12.2. The molecule has 0 spiro atoms. The maximum Gasteiger partial charge on any atom is 0.128 e. The van der Waals surface area contributed by atoms with E-state index in [2.05, 4.69) is 5.32 Å². The molecule has 0 saturated carbocycles. The quantitative estimate of drug-likeness (QED) is 0.886. The monoisotopic (exact) mass is 253 g/mol. The number of hydrogen-bond donors (Lipinski definition) is 1. The van der Waals surface area contributed by atoms with Crippen LogP contribution in [0.3, 0.4) is 0 Å². The molecular weight excluding hydrogens is 229 g/mol. The van der Waals surface area contributed by atoms with Crippen LogP contribution < -0.4 is 5.32 Å². The minimum absolute atomic E-state index is 0.121. The van der Waals surface area contributed by atoms with Gasteiger partial charge in [0.2, 0.25) is 0 Å². The highest BCUT2D eigenvalue weighted by molar-refractivity contribution is 5.34. The van der Waals surface area contributed by atoms with E-state index in [1.54, 1.807) is 6.07 Å². The van der Waals surface area contributed by atoms with Gasteiger partial charge in [-0.3, -0.25) is 0 Å². The second-order valence-corrected chi connectivity index (χ2v) is 5.74. The van der Waals surface area contributed by atoms with Crippen LogP contribution in [0.5, 0.6) is 0 Å². The fourth-order valence-electron chi connectivity index (χ4n) is 2.01. The summed E-state index contributed by atoms with van der Waals surface area (Å²) in [6.45, 7) is 10.3. The van der Waals surface area contributed by atoms with Crippen LogP contribution in [-0.4, -0.2) is 19.3 Å². The van der Waals surface area contributed by atoms with Gasteiger partial charge < -0.3 is 10.1 Å². The van der Waals surface area contributed by atoms with Crippen molar-refractivity contribution in [1.29, 1.82) is 0 Å². The number of benzene rings is 1. The van der Waals surface area contributed by atoms with Gasteiger partial charge in [0.05, 0.1) is 18.2 Å². The molecule has 102 valence electrons. The van der Waals surface area contributed by atoms with Gasteiger partial charge in [-0.1, -0.05) is 6.07 Å². The van der Waals surface area contributed by atoms with Gasteiger partial charge in [0, 0.05) is 5.56 Å². The number of halogens is 1. The summed E-state index contributed by atoms with van der Waals surface area (Å²) in [5, 5.41) is 3.13. The highest BCUT2D eigenvalue weighted by Gasteiger charge is 2.20. The number of likely N-dealkylation sites (N-methyl/N-ethyl adjacent to an activating group) is 1. The summed E-state index contributed by atoms with van der Waals surface area (Å²) in [4.78, 5) is 0. The van der Waals surface area contributed by atoms with E-state index in [-0.39, 0.29) is 17.5 Å². The van der Waals surface area contributed by atoms with E-state index < -0.39 is 0 Å². The second kappa shape index (κ2) is 5.81. The Morgan fingerprint density at radius 2 is 1.89 bits per heavy atom. The molecule has 1 atom stereocenters. The summed E-state index contributed by atoms with van der Waals surface area (Å²) in [5.41, 5.74) is 2.39. The summed E-state index contributed by atoms with van der Waals surface area (Å²) in [7, 11) is 1.83. The molecule has 0 radical (unpaired) electrons. The smallest absolute Gasteiger partial charge is 0.128 e. The van der Waals surface area contributed by atoms with Crippen molar-refractivity contribution in [2.45, 2.75) is 46.3 Å². The van der Waals surface area contributed by atoms with Gasteiger partial charge in [0.25, 0.3) is 0 Å². The highest BCUT2D eigenvalue weighted by atomic mass is 19.1. The summed E-state index contributed by atoms with van der Waals surface area (Å²) in [5.74, 6) is -0.163. The Morgan fingerprint density at radius 1 is 1.28 bits per heavy atom. The molecule has 0 saturated heterocycles. The first kappa shape index (κ1) is 15.1. The normalized spacial score (nSPS) is 13.7. The maximum absolute atomic E-state index is 14.1. The van der Waals surface area contributed by atoms with Crippen LogP contribution in [0.4, 0.5) is 4.39 Å². The molecule has 0 bridgehead atoms. The lowest BCUT2D eigenvalue weighted by molar-refractivity contribution is -0.0144. The van der Waals surface area contributed by atoms with E-state index in [1.807, 2.05) is 47.7 Å². The molecule has 0 heterocycles. The van der Waals surface area contributed by atoms with Gasteiger partial charge in [0.1, 0.15) is 5.82 Å². The topological polar surface area (TPSA) is 21.3 Å². The van der Waals surface area contributed by atoms with Crippen LogP contribution in [0.15, 0.2) is 12.1 Å². The van der Waals surface area contributed by atoms with Gasteiger partial charge in [-0.2, -0.15) is 0 Å². The molecule has 1 unspecified atom stereocenters. The lowest BCUT2D eigenvalue weighted by Crippen LogP contribution is -2.29. The number of aryl methyl sites for hydroxylation is 2. The van der Waals surface area contributed by atoms with Crippen LogP contribution in [-0.2, 0) is 4.74 Å². The van der Waals surface area contributed by atoms with Crippen molar-refractivity contribution in [3.05, 3.63) is 34.6 Å². The van der Waals surface area contributed by atoms with Crippen molar-refractivity contribution in [3.63, 3.8) is 0 Å². The zero-order chi connectivity index (χ0) is 13.9. The van der Waals surface area contributed by atoms with E-state index >= 15 is 0 Å². The van der Waals surface area contributed by atoms with E-state index in [0.717, 1.165) is 11.1 Å². The van der Waals surface area contributed by atoms with Crippen LogP contribution in [0.2, 0.25) is 0 Å². The average molecular weight is 253 g/mol. The SMILES string of the molecule is CNC(COC(C)(C)C)c1c(C)cc(C)cc1F. The minimum atomic E-state index is -0.218. The molecule has 18 heavy (non-hydrogen) atoms. The van der Waals surface area contributed by atoms with E-state index in [1.165, 1.54) is 0 Å². The Labute approximate surface area is 110 Å². The average Bonchev–Trinajstić information content (AvgIpc) is 2.20. The van der Waals surface area contributed by atoms with Crippen molar-refractivity contribution in [2.24, 2.45) is 0 Å². The fraction of sp³-hybridized carbons (Fsp3) is 0.600. The summed E-state index contributed by atoms with van der Waals surface area (Å²) in [6, 6.07) is 3.45. The highest BCUT2D eigenvalue weighted by Crippen LogP contribution is 2.24. The summed E-state index contributed by atoms with van der Waals surface area (Å²) in [6.07, 6.45) is 0. The first-order chi connectivity index (χ1) is 8.24. The van der Waals surface area contributed by atoms with Crippen LogP contribution in [0.25, 0.3) is 0 Å². The molecule has 0 aliphatic heterocycles. The number of rotatable bonds is 4. The Bertz CT molecular complexity index is 386. The van der Waals surface area contributed by atoms with Crippen LogP contribution >= 0.6 is 0 Å². The molecule has 0 aromatic heterocycles. The molecule has 0 aliphatic carbocycles. The number of ether oxygens (including phenoxy) is 1. The maximum atomic E-state index is 14.1. The van der Waals surface area contributed by atoms with Gasteiger partial charge in [-0.05, 0) is 58.9 Å². The Morgan fingerprint density at radius 3 is 2.33 bits per heavy atom. The molecule has 3 heteroatoms. The van der Waals surface area contributed by atoms with Crippen molar-refractivity contribution in [2.75, 3.05) is 13.7 Å². The van der Waals surface area contributed by atoms with E-state index in [9.17, 15) is 4.39 Å². The largest absolute Gasteiger partial charge is 0.374 e. The second-order valence-electron chi connectivity index (χ2n) is 5.74. The van der Waals surface area contributed by atoms with Gasteiger partial charge in [-0.15, -0.1) is 0 Å². The molecule has 1 aromatic carbocycles. The standard InChI is InChI=1S/C15H24FNO/c1-10-7-11(2)14(12(16)8-10)13(17-6)9-18-15(3,4)5/h7-8,13,17H,9H2,1-6H3. The van der Waals surface area contributed by atoms with Crippen molar-refractivity contribution >= 4 is 0 Å². The van der Waals surface area contributed by atoms with Crippen molar-refractivity contribution in [1.82, 2.24) is 5.32 Å². The first-order valence-electron chi connectivity index (χ1n) is 6.32. The fourth-order valence-corrected chi connectivity index (χ4v) is 2.01. The third-order valence-electron chi connectivity index (χ3n) is 2.86. The molecule has 1 rings (SSSR count). The lowest BCUT2D eigenvalue weighted by atomic mass is 9.98.